The molecule has 3 rings (SSSR count). The van der Waals surface area contributed by atoms with Gasteiger partial charge in [0.25, 0.3) is 0 Å². The highest BCUT2D eigenvalue weighted by Gasteiger charge is 2.34. The van der Waals surface area contributed by atoms with Crippen LogP contribution in [0.4, 0.5) is 0 Å². The van der Waals surface area contributed by atoms with E-state index < -0.39 is 12.2 Å². The van der Waals surface area contributed by atoms with Crippen LogP contribution in [0.15, 0.2) is 11.6 Å². The van der Waals surface area contributed by atoms with Crippen molar-refractivity contribution in [2.45, 2.75) is 198 Å². The summed E-state index contributed by atoms with van der Waals surface area (Å²) in [4.78, 5) is 24.5. The highest BCUT2D eigenvalue weighted by molar-refractivity contribution is 5.90. The first-order valence-corrected chi connectivity index (χ1v) is 17.5. The average molecular weight is 593 g/mol. The zero-order valence-corrected chi connectivity index (χ0v) is 26.6. The third kappa shape index (κ3) is 13.2. The molecule has 3 aliphatic heterocycles. The van der Waals surface area contributed by atoms with E-state index in [-0.39, 0.29) is 42.3 Å². The summed E-state index contributed by atoms with van der Waals surface area (Å²) in [5.74, 6) is -0.0407. The van der Waals surface area contributed by atoms with Crippen molar-refractivity contribution in [3.8, 4) is 0 Å². The molecule has 0 spiro atoms. The van der Waals surface area contributed by atoms with Crippen molar-refractivity contribution in [2.75, 3.05) is 0 Å². The van der Waals surface area contributed by atoms with Gasteiger partial charge in [0.15, 0.2) is 0 Å². The van der Waals surface area contributed by atoms with Crippen molar-refractivity contribution in [1.82, 2.24) is 0 Å². The molecule has 2 unspecified atom stereocenters. The molecule has 0 aliphatic carbocycles. The molecule has 7 atom stereocenters. The molecule has 3 heterocycles. The Hall–Kier alpha value is -1.28. The molecule has 2 fully saturated rings. The topological polar surface area (TPSA) is 102 Å². The van der Waals surface area contributed by atoms with Crippen LogP contribution < -0.4 is 0 Å². The molecular formula is C35H60O7. The lowest BCUT2D eigenvalue weighted by atomic mass is 9.95. The lowest BCUT2D eigenvalue weighted by Gasteiger charge is -2.30. The summed E-state index contributed by atoms with van der Waals surface area (Å²) in [6.07, 6.45) is 21.9. The summed E-state index contributed by atoms with van der Waals surface area (Å²) in [7, 11) is 0. The number of ether oxygens (including phenoxy) is 3. The Morgan fingerprint density at radius 3 is 1.98 bits per heavy atom. The van der Waals surface area contributed by atoms with Gasteiger partial charge < -0.3 is 24.4 Å². The van der Waals surface area contributed by atoms with E-state index in [0.717, 1.165) is 57.8 Å². The molecule has 0 bridgehead atoms. The summed E-state index contributed by atoms with van der Waals surface area (Å²) in [6.45, 7) is 4.11. The normalized spacial score (nSPS) is 27.6. The minimum Gasteiger partial charge on any atom is -0.455 e. The van der Waals surface area contributed by atoms with Crippen molar-refractivity contribution in [3.05, 3.63) is 11.6 Å². The van der Waals surface area contributed by atoms with Crippen LogP contribution in [0, 0.1) is 0 Å². The molecule has 2 saturated heterocycles. The Morgan fingerprint density at radius 2 is 1.38 bits per heavy atom. The molecule has 0 aromatic heterocycles. The van der Waals surface area contributed by atoms with Crippen LogP contribution in [0.25, 0.3) is 0 Å². The van der Waals surface area contributed by atoms with Crippen LogP contribution in [0.2, 0.25) is 0 Å². The lowest BCUT2D eigenvalue weighted by molar-refractivity contribution is -0.140. The number of aliphatic hydroxyl groups excluding tert-OH is 2. The minimum absolute atomic E-state index is 0.0283. The SMILES string of the molecule is CCCCCCCCCCCC[C@@H](O)[C@H]1CC[C@H]([C@H](O)CCCCC(=O)CC2CCCC(CC3=C[C@H](C)OC3=O)O2)O1. The van der Waals surface area contributed by atoms with Gasteiger partial charge in [0.05, 0.1) is 36.6 Å². The third-order valence-corrected chi connectivity index (χ3v) is 9.33. The molecule has 0 aromatic rings. The number of rotatable bonds is 22. The quantitative estimate of drug-likeness (QED) is 0.101. The summed E-state index contributed by atoms with van der Waals surface area (Å²) in [6, 6.07) is 0. The van der Waals surface area contributed by atoms with Crippen molar-refractivity contribution in [3.63, 3.8) is 0 Å². The first-order valence-electron chi connectivity index (χ1n) is 17.5. The zero-order chi connectivity index (χ0) is 30.2. The predicted molar refractivity (Wildman–Crippen MR) is 165 cm³/mol. The molecule has 42 heavy (non-hydrogen) atoms. The Morgan fingerprint density at radius 1 is 0.810 bits per heavy atom. The van der Waals surface area contributed by atoms with Crippen molar-refractivity contribution >= 4 is 11.8 Å². The lowest BCUT2D eigenvalue weighted by Crippen LogP contribution is -2.31. The number of aliphatic hydroxyl groups is 2. The van der Waals surface area contributed by atoms with Crippen molar-refractivity contribution in [2.24, 2.45) is 0 Å². The van der Waals surface area contributed by atoms with Gasteiger partial charge in [0.2, 0.25) is 0 Å². The van der Waals surface area contributed by atoms with Gasteiger partial charge in [-0.2, -0.15) is 0 Å². The van der Waals surface area contributed by atoms with Gasteiger partial charge in [-0.05, 0) is 64.4 Å². The number of hydrogen-bond donors (Lipinski definition) is 2. The van der Waals surface area contributed by atoms with E-state index in [9.17, 15) is 19.8 Å². The molecular weight excluding hydrogens is 532 g/mol. The molecule has 7 nitrogen and oxygen atoms in total. The molecule has 0 saturated carbocycles. The second-order valence-corrected chi connectivity index (χ2v) is 13.2. The van der Waals surface area contributed by atoms with Crippen LogP contribution in [0.5, 0.6) is 0 Å². The van der Waals surface area contributed by atoms with E-state index in [0.29, 0.717) is 31.3 Å². The maximum Gasteiger partial charge on any atom is 0.334 e. The van der Waals surface area contributed by atoms with E-state index in [4.69, 9.17) is 14.2 Å². The predicted octanol–water partition coefficient (Wildman–Crippen LogP) is 7.29. The van der Waals surface area contributed by atoms with Crippen molar-refractivity contribution < 1.29 is 34.0 Å². The Balaban J connectivity index is 1.19. The highest BCUT2D eigenvalue weighted by atomic mass is 16.5. The van der Waals surface area contributed by atoms with Gasteiger partial charge in [-0.1, -0.05) is 77.6 Å². The minimum atomic E-state index is -0.545. The average Bonchev–Trinajstić information content (AvgIpc) is 3.58. The summed E-state index contributed by atoms with van der Waals surface area (Å²) in [5, 5.41) is 21.3. The Labute approximate surface area is 255 Å². The number of ketones is 1. The van der Waals surface area contributed by atoms with Crippen LogP contribution in [0.1, 0.15) is 155 Å². The monoisotopic (exact) mass is 592 g/mol. The van der Waals surface area contributed by atoms with Crippen LogP contribution in [-0.4, -0.2) is 64.7 Å². The van der Waals surface area contributed by atoms with Gasteiger partial charge in [-0.3, -0.25) is 4.79 Å². The second kappa shape index (κ2) is 19.9. The second-order valence-electron chi connectivity index (χ2n) is 13.2. The largest absolute Gasteiger partial charge is 0.455 e. The number of Topliss-reactive ketones (excluding diaryl/α,β-unsaturated/α-hetero) is 1. The first-order chi connectivity index (χ1) is 20.4. The number of carbonyl (C=O) groups excluding carboxylic acids is 2. The number of unbranched alkanes of at least 4 members (excludes halogenated alkanes) is 10. The number of hydrogen-bond acceptors (Lipinski definition) is 7. The van der Waals surface area contributed by atoms with Gasteiger partial charge in [-0.15, -0.1) is 0 Å². The van der Waals surface area contributed by atoms with Gasteiger partial charge in [0.1, 0.15) is 11.9 Å². The van der Waals surface area contributed by atoms with Crippen LogP contribution >= 0.6 is 0 Å². The van der Waals surface area contributed by atoms with Crippen molar-refractivity contribution in [1.29, 1.82) is 0 Å². The van der Waals surface area contributed by atoms with Gasteiger partial charge >= 0.3 is 5.97 Å². The summed E-state index contributed by atoms with van der Waals surface area (Å²) in [5.41, 5.74) is 0.694. The number of esters is 1. The highest BCUT2D eigenvalue weighted by Crippen LogP contribution is 2.30. The molecule has 2 N–H and O–H groups in total. The van der Waals surface area contributed by atoms with Gasteiger partial charge in [0, 0.05) is 24.8 Å². The van der Waals surface area contributed by atoms with E-state index in [2.05, 4.69) is 6.92 Å². The Bertz CT molecular complexity index is 811. The fourth-order valence-corrected chi connectivity index (χ4v) is 6.81. The standard InChI is InChI=1S/C35H60O7/c1-3-4-5-6-7-8-9-10-11-12-19-31(37)33-21-22-34(42-33)32(38)20-14-13-16-28(36)25-30-18-15-17-29(41-30)24-27-23-26(2)40-35(27)39/h23,26,29-34,37-38H,3-22,24-25H2,1-2H3/t26-,29?,30?,31+,32+,33+,34+/m0/s1. The molecule has 3 aliphatic rings. The molecule has 0 aromatic carbocycles. The number of cyclic esters (lactones) is 1. The maximum atomic E-state index is 12.6. The van der Waals surface area contributed by atoms with E-state index in [1.54, 1.807) is 0 Å². The molecule has 242 valence electrons. The smallest absolute Gasteiger partial charge is 0.334 e. The molecule has 0 radical (unpaired) electrons. The zero-order valence-electron chi connectivity index (χ0n) is 26.6. The van der Waals surface area contributed by atoms with Gasteiger partial charge in [-0.25, -0.2) is 4.79 Å². The number of carbonyl (C=O) groups is 2. The van der Waals surface area contributed by atoms with E-state index >= 15 is 0 Å². The van der Waals surface area contributed by atoms with Crippen LogP contribution in [-0.2, 0) is 23.8 Å². The Kier molecular flexibility index (Phi) is 16.7. The van der Waals surface area contributed by atoms with Crippen LogP contribution in [0.3, 0.4) is 0 Å². The van der Waals surface area contributed by atoms with E-state index in [1.807, 2.05) is 13.0 Å². The third-order valence-electron chi connectivity index (χ3n) is 9.33. The fraction of sp³-hybridized carbons (Fsp3) is 0.886. The summed E-state index contributed by atoms with van der Waals surface area (Å²) >= 11 is 0. The molecule has 7 heteroatoms. The first kappa shape index (κ1) is 35.2. The summed E-state index contributed by atoms with van der Waals surface area (Å²) < 4.78 is 17.4. The fourth-order valence-electron chi connectivity index (χ4n) is 6.81. The maximum absolute atomic E-state index is 12.6. The molecule has 0 amide bonds. The van der Waals surface area contributed by atoms with E-state index in [1.165, 1.54) is 57.8 Å².